The zero-order chi connectivity index (χ0) is 22.7. The Morgan fingerprint density at radius 2 is 1.97 bits per heavy atom. The summed E-state index contributed by atoms with van der Waals surface area (Å²) in [5.41, 5.74) is 17.8. The van der Waals surface area contributed by atoms with Crippen LogP contribution in [-0.4, -0.2) is 43.2 Å². The third-order valence-corrected chi connectivity index (χ3v) is 5.75. The highest BCUT2D eigenvalue weighted by Crippen LogP contribution is 2.32. The van der Waals surface area contributed by atoms with Crippen molar-refractivity contribution in [1.29, 1.82) is 0 Å². The molecule has 0 aliphatic carbocycles. The summed E-state index contributed by atoms with van der Waals surface area (Å²) in [7, 11) is 1.53. The second-order valence-corrected chi connectivity index (χ2v) is 7.74. The van der Waals surface area contributed by atoms with Gasteiger partial charge >= 0.3 is 0 Å². The fraction of sp³-hybridized carbons (Fsp3) is 0.304. The number of para-hydroxylation sites is 1. The maximum atomic E-state index is 12.5. The molecule has 1 unspecified atom stereocenters. The van der Waals surface area contributed by atoms with Crippen LogP contribution in [0.3, 0.4) is 0 Å². The molecule has 2 aliphatic rings. The molecule has 1 fully saturated rings. The molecule has 0 radical (unpaired) electrons. The van der Waals surface area contributed by atoms with E-state index in [1.54, 1.807) is 23.2 Å². The molecule has 0 bridgehead atoms. The average Bonchev–Trinajstić information content (AvgIpc) is 3.45. The van der Waals surface area contributed by atoms with Crippen LogP contribution in [0.15, 0.2) is 59.9 Å². The Morgan fingerprint density at radius 3 is 2.62 bits per heavy atom. The van der Waals surface area contributed by atoms with E-state index in [9.17, 15) is 9.59 Å². The lowest BCUT2D eigenvalue weighted by Gasteiger charge is -2.27. The molecule has 0 spiro atoms. The maximum Gasteiger partial charge on any atom is 0.255 e. The van der Waals surface area contributed by atoms with E-state index >= 15 is 0 Å². The van der Waals surface area contributed by atoms with Gasteiger partial charge in [-0.15, -0.1) is 0 Å². The summed E-state index contributed by atoms with van der Waals surface area (Å²) in [5.74, 6) is 0.0825. The molecule has 168 valence electrons. The molecule has 2 heterocycles. The topological polar surface area (TPSA) is 132 Å². The van der Waals surface area contributed by atoms with Gasteiger partial charge in [-0.05, 0) is 29.7 Å². The highest BCUT2D eigenvalue weighted by atomic mass is 16.5. The molecule has 6 N–H and O–H groups in total. The van der Waals surface area contributed by atoms with E-state index in [2.05, 4.69) is 10.7 Å². The van der Waals surface area contributed by atoms with Crippen molar-refractivity contribution in [2.75, 3.05) is 20.3 Å². The molecule has 2 atom stereocenters. The lowest BCUT2D eigenvalue weighted by Crippen LogP contribution is -2.44. The maximum absolute atomic E-state index is 12.5. The van der Waals surface area contributed by atoms with Gasteiger partial charge in [-0.2, -0.15) is 0 Å². The highest BCUT2D eigenvalue weighted by Gasteiger charge is 2.38. The van der Waals surface area contributed by atoms with Gasteiger partial charge in [0.2, 0.25) is 5.91 Å². The van der Waals surface area contributed by atoms with E-state index in [4.69, 9.17) is 20.9 Å². The Bertz CT molecular complexity index is 1030. The number of ether oxygens (including phenoxy) is 2. The molecular weight excluding hydrogens is 410 g/mol. The van der Waals surface area contributed by atoms with Crippen LogP contribution in [0.25, 0.3) is 0 Å². The van der Waals surface area contributed by atoms with Crippen LogP contribution in [0, 0.1) is 0 Å². The van der Waals surface area contributed by atoms with E-state index in [1.165, 1.54) is 7.11 Å². The van der Waals surface area contributed by atoms with Crippen molar-refractivity contribution >= 4 is 11.8 Å². The molecule has 4 rings (SSSR count). The predicted molar refractivity (Wildman–Crippen MR) is 118 cm³/mol. The van der Waals surface area contributed by atoms with E-state index in [1.807, 2.05) is 30.3 Å². The predicted octanol–water partition coefficient (Wildman–Crippen LogP) is 0.931. The number of hydrogen-bond donors (Lipinski definition) is 4. The van der Waals surface area contributed by atoms with Gasteiger partial charge < -0.3 is 26.3 Å². The SMILES string of the molecule is COc1ccccc1C(=O)NCc1ccc(C2NN([C@H]3CCOC3)C(N)=C2C(N)=O)cc1. The zero-order valence-corrected chi connectivity index (χ0v) is 17.8. The number of hydrogen-bond acceptors (Lipinski definition) is 7. The van der Waals surface area contributed by atoms with Crippen molar-refractivity contribution in [1.82, 2.24) is 15.8 Å². The number of primary amides is 1. The minimum Gasteiger partial charge on any atom is -0.496 e. The van der Waals surface area contributed by atoms with Gasteiger partial charge in [0.25, 0.3) is 5.91 Å². The lowest BCUT2D eigenvalue weighted by atomic mass is 9.98. The van der Waals surface area contributed by atoms with Gasteiger partial charge in [0.05, 0.1) is 36.9 Å². The normalized spacial score (nSPS) is 20.5. The van der Waals surface area contributed by atoms with E-state index in [0.29, 0.717) is 42.5 Å². The van der Waals surface area contributed by atoms with Gasteiger partial charge in [0, 0.05) is 13.2 Å². The first kappa shape index (κ1) is 21.7. The molecule has 32 heavy (non-hydrogen) atoms. The van der Waals surface area contributed by atoms with Crippen LogP contribution >= 0.6 is 0 Å². The fourth-order valence-electron chi connectivity index (χ4n) is 4.03. The fourth-order valence-corrected chi connectivity index (χ4v) is 4.03. The molecule has 1 saturated heterocycles. The minimum absolute atomic E-state index is 0.0545. The number of carbonyl (C=O) groups excluding carboxylic acids is 2. The third-order valence-electron chi connectivity index (χ3n) is 5.75. The number of benzene rings is 2. The van der Waals surface area contributed by atoms with Crippen molar-refractivity contribution in [3.63, 3.8) is 0 Å². The van der Waals surface area contributed by atoms with Gasteiger partial charge in [-0.3, -0.25) is 14.6 Å². The number of nitrogens with two attached hydrogens (primary N) is 2. The molecule has 2 amide bonds. The van der Waals surface area contributed by atoms with E-state index in [-0.39, 0.29) is 11.9 Å². The first-order valence-electron chi connectivity index (χ1n) is 10.4. The number of rotatable bonds is 7. The number of carbonyl (C=O) groups is 2. The van der Waals surface area contributed by atoms with Gasteiger partial charge in [-0.1, -0.05) is 36.4 Å². The Hall–Kier alpha value is -3.56. The zero-order valence-electron chi connectivity index (χ0n) is 17.8. The number of amides is 2. The van der Waals surface area contributed by atoms with Gasteiger partial charge in [0.1, 0.15) is 11.6 Å². The van der Waals surface area contributed by atoms with Gasteiger partial charge in [-0.25, -0.2) is 5.43 Å². The van der Waals surface area contributed by atoms with Crippen molar-refractivity contribution in [3.05, 3.63) is 76.6 Å². The van der Waals surface area contributed by atoms with Crippen molar-refractivity contribution < 1.29 is 19.1 Å². The summed E-state index contributed by atoms with van der Waals surface area (Å²) >= 11 is 0. The van der Waals surface area contributed by atoms with Crippen LogP contribution in [0.5, 0.6) is 5.75 Å². The van der Waals surface area contributed by atoms with Crippen LogP contribution in [0.1, 0.15) is 33.9 Å². The Balaban J connectivity index is 1.45. The average molecular weight is 438 g/mol. The molecule has 0 saturated carbocycles. The summed E-state index contributed by atoms with van der Waals surface area (Å²) < 4.78 is 10.7. The third kappa shape index (κ3) is 4.25. The van der Waals surface area contributed by atoms with Crippen LogP contribution in [0.2, 0.25) is 0 Å². The number of nitrogens with one attached hydrogen (secondary N) is 2. The summed E-state index contributed by atoms with van der Waals surface area (Å²) in [4.78, 5) is 24.6. The van der Waals surface area contributed by atoms with E-state index < -0.39 is 11.9 Å². The largest absolute Gasteiger partial charge is 0.496 e. The summed E-state index contributed by atoms with van der Waals surface area (Å²) in [6, 6.07) is 14.3. The molecule has 0 aromatic heterocycles. The van der Waals surface area contributed by atoms with Crippen LogP contribution < -0.4 is 26.9 Å². The molecule has 9 nitrogen and oxygen atoms in total. The summed E-state index contributed by atoms with van der Waals surface area (Å²) in [6.45, 7) is 1.54. The quantitative estimate of drug-likeness (QED) is 0.507. The first-order chi connectivity index (χ1) is 15.5. The standard InChI is InChI=1S/C23H27N5O4/c1-31-18-5-3-2-4-17(18)23(30)26-12-14-6-8-15(9-7-14)20-19(22(25)29)21(24)28(27-20)16-10-11-32-13-16/h2-9,16,20,27H,10-13,24H2,1H3,(H2,25,29)(H,26,30)/t16-,20?/m0/s1. The smallest absolute Gasteiger partial charge is 0.255 e. The molecule has 2 aromatic carbocycles. The van der Waals surface area contributed by atoms with E-state index in [0.717, 1.165) is 17.5 Å². The molecule has 2 aliphatic heterocycles. The second kappa shape index (κ2) is 9.29. The Labute approximate surface area is 186 Å². The van der Waals surface area contributed by atoms with Crippen molar-refractivity contribution in [2.45, 2.75) is 25.0 Å². The van der Waals surface area contributed by atoms with Crippen LogP contribution in [-0.2, 0) is 16.1 Å². The number of methoxy groups -OCH3 is 1. The highest BCUT2D eigenvalue weighted by molar-refractivity contribution is 5.97. The van der Waals surface area contributed by atoms with Crippen molar-refractivity contribution in [3.8, 4) is 5.75 Å². The van der Waals surface area contributed by atoms with Crippen molar-refractivity contribution in [2.24, 2.45) is 11.5 Å². The summed E-state index contributed by atoms with van der Waals surface area (Å²) in [5, 5.41) is 4.69. The number of hydrazine groups is 1. The lowest BCUT2D eigenvalue weighted by molar-refractivity contribution is -0.114. The monoisotopic (exact) mass is 437 g/mol. The van der Waals surface area contributed by atoms with Crippen LogP contribution in [0.4, 0.5) is 0 Å². The molecule has 2 aromatic rings. The molecule has 9 heteroatoms. The minimum atomic E-state index is -0.561. The van der Waals surface area contributed by atoms with Gasteiger partial charge in [0.15, 0.2) is 0 Å². The second-order valence-electron chi connectivity index (χ2n) is 7.74. The molecular formula is C23H27N5O4. The Kier molecular flexibility index (Phi) is 6.29. The number of nitrogens with zero attached hydrogens (tertiary/aromatic N) is 1. The Morgan fingerprint density at radius 1 is 1.22 bits per heavy atom. The summed E-state index contributed by atoms with van der Waals surface area (Å²) in [6.07, 6.45) is 0.817. The first-order valence-corrected chi connectivity index (χ1v) is 10.4.